The molecule has 6 heteroatoms. The maximum Gasteiger partial charge on any atom is 0.221 e. The highest BCUT2D eigenvalue weighted by Gasteiger charge is 2.16. The predicted molar refractivity (Wildman–Crippen MR) is 79.7 cm³/mol. The van der Waals surface area contributed by atoms with Crippen LogP contribution >= 0.6 is 27.7 Å². The summed E-state index contributed by atoms with van der Waals surface area (Å²) in [6.45, 7) is 1.32. The Labute approximate surface area is 124 Å². The smallest absolute Gasteiger partial charge is 0.221 e. The monoisotopic (exact) mass is 346 g/mol. The van der Waals surface area contributed by atoms with Crippen LogP contribution in [0.3, 0.4) is 0 Å². The summed E-state index contributed by atoms with van der Waals surface area (Å²) in [5, 5.41) is 6.14. The van der Waals surface area contributed by atoms with E-state index in [4.69, 9.17) is 0 Å². The van der Waals surface area contributed by atoms with Crippen molar-refractivity contribution in [1.82, 2.24) is 10.6 Å². The maximum absolute atomic E-state index is 13.3. The molecule has 1 fully saturated rings. The number of thioether (sulfide) groups is 1. The topological polar surface area (TPSA) is 41.1 Å². The zero-order valence-electron chi connectivity index (χ0n) is 10.4. The number of rotatable bonds is 4. The molecule has 0 aliphatic carbocycles. The van der Waals surface area contributed by atoms with Crippen molar-refractivity contribution in [3.05, 3.63) is 34.1 Å². The van der Waals surface area contributed by atoms with Crippen LogP contribution in [0.15, 0.2) is 22.7 Å². The predicted octanol–water partition coefficient (Wildman–Crippen LogP) is 2.30. The molecule has 3 nitrogen and oxygen atoms in total. The van der Waals surface area contributed by atoms with Crippen LogP contribution in [-0.4, -0.2) is 30.0 Å². The van der Waals surface area contributed by atoms with Gasteiger partial charge in [0.2, 0.25) is 5.91 Å². The Morgan fingerprint density at radius 2 is 2.42 bits per heavy atom. The van der Waals surface area contributed by atoms with E-state index in [1.165, 1.54) is 6.07 Å². The van der Waals surface area contributed by atoms with Gasteiger partial charge in [-0.1, -0.05) is 6.07 Å². The van der Waals surface area contributed by atoms with Crippen LogP contribution in [0, 0.1) is 5.82 Å². The van der Waals surface area contributed by atoms with Crippen molar-refractivity contribution in [2.75, 3.05) is 18.1 Å². The molecule has 0 aromatic heterocycles. The summed E-state index contributed by atoms with van der Waals surface area (Å²) in [5.74, 6) is 1.77. The van der Waals surface area contributed by atoms with Crippen LogP contribution in [0.25, 0.3) is 0 Å². The van der Waals surface area contributed by atoms with E-state index < -0.39 is 0 Å². The van der Waals surface area contributed by atoms with Gasteiger partial charge in [-0.2, -0.15) is 11.8 Å². The van der Waals surface area contributed by atoms with Crippen molar-refractivity contribution < 1.29 is 9.18 Å². The largest absolute Gasteiger partial charge is 0.352 e. The Hall–Kier alpha value is -0.590. The lowest BCUT2D eigenvalue weighted by molar-refractivity contribution is -0.121. The molecule has 19 heavy (non-hydrogen) atoms. The first kappa shape index (κ1) is 14.8. The highest BCUT2D eigenvalue weighted by atomic mass is 79.9. The molecule has 0 radical (unpaired) electrons. The van der Waals surface area contributed by atoms with Crippen molar-refractivity contribution in [2.24, 2.45) is 0 Å². The first-order valence-electron chi connectivity index (χ1n) is 6.17. The van der Waals surface area contributed by atoms with Gasteiger partial charge in [0, 0.05) is 37.1 Å². The first-order chi connectivity index (χ1) is 9.15. The Kier molecular flexibility index (Phi) is 5.66. The third kappa shape index (κ3) is 4.78. The number of hydrogen-bond donors (Lipinski definition) is 2. The molecule has 1 aliphatic heterocycles. The van der Waals surface area contributed by atoms with Crippen LogP contribution in [0.5, 0.6) is 0 Å². The van der Waals surface area contributed by atoms with Crippen molar-refractivity contribution in [3.8, 4) is 0 Å². The molecule has 0 spiro atoms. The average molecular weight is 347 g/mol. The fourth-order valence-corrected chi connectivity index (χ4v) is 3.09. The second kappa shape index (κ2) is 7.26. The summed E-state index contributed by atoms with van der Waals surface area (Å²) in [5.41, 5.74) is 0.764. The van der Waals surface area contributed by atoms with Crippen molar-refractivity contribution in [1.29, 1.82) is 0 Å². The zero-order chi connectivity index (χ0) is 13.7. The second-order valence-electron chi connectivity index (χ2n) is 4.46. The maximum atomic E-state index is 13.3. The number of nitrogens with one attached hydrogen (secondary N) is 2. The van der Waals surface area contributed by atoms with E-state index in [2.05, 4.69) is 26.6 Å². The van der Waals surface area contributed by atoms with Crippen LogP contribution in [-0.2, 0) is 11.3 Å². The second-order valence-corrected chi connectivity index (χ2v) is 6.46. The summed E-state index contributed by atoms with van der Waals surface area (Å²) in [6.07, 6.45) is 0.478. The van der Waals surface area contributed by atoms with E-state index in [0.717, 1.165) is 23.6 Å². The van der Waals surface area contributed by atoms with Gasteiger partial charge in [0.05, 0.1) is 4.47 Å². The lowest BCUT2D eigenvalue weighted by Crippen LogP contribution is -2.41. The molecule has 1 aromatic rings. The Morgan fingerprint density at radius 3 is 3.11 bits per heavy atom. The summed E-state index contributed by atoms with van der Waals surface area (Å²) in [6, 6.07) is 5.12. The summed E-state index contributed by atoms with van der Waals surface area (Å²) >= 11 is 4.97. The van der Waals surface area contributed by atoms with Crippen molar-refractivity contribution in [3.63, 3.8) is 0 Å². The van der Waals surface area contributed by atoms with Crippen LogP contribution in [0.2, 0.25) is 0 Å². The average Bonchev–Trinajstić information content (AvgIpc) is 2.41. The Balaban J connectivity index is 1.77. The van der Waals surface area contributed by atoms with Gasteiger partial charge in [-0.3, -0.25) is 4.79 Å². The molecule has 1 unspecified atom stereocenters. The quantitative estimate of drug-likeness (QED) is 0.878. The lowest BCUT2D eigenvalue weighted by Gasteiger charge is -2.22. The number of benzene rings is 1. The van der Waals surface area contributed by atoms with Gasteiger partial charge in [-0.05, 0) is 33.6 Å². The molecule has 104 valence electrons. The number of hydrogen-bond acceptors (Lipinski definition) is 3. The van der Waals surface area contributed by atoms with Crippen LogP contribution in [0.1, 0.15) is 12.0 Å². The minimum Gasteiger partial charge on any atom is -0.352 e. The number of amides is 1. The molecule has 0 bridgehead atoms. The lowest BCUT2D eigenvalue weighted by atomic mass is 10.2. The number of carbonyl (C=O) groups excluding carboxylic acids is 1. The van der Waals surface area contributed by atoms with Gasteiger partial charge in [-0.15, -0.1) is 0 Å². The van der Waals surface area contributed by atoms with E-state index in [1.807, 2.05) is 11.8 Å². The first-order valence-corrected chi connectivity index (χ1v) is 8.11. The van der Waals surface area contributed by atoms with Gasteiger partial charge in [-0.25, -0.2) is 4.39 Å². The van der Waals surface area contributed by atoms with Gasteiger partial charge in [0.1, 0.15) is 5.82 Å². The van der Waals surface area contributed by atoms with Gasteiger partial charge in [0.25, 0.3) is 0 Å². The van der Waals surface area contributed by atoms with E-state index in [0.29, 0.717) is 17.4 Å². The third-order valence-corrected chi connectivity index (χ3v) is 4.68. The fourth-order valence-electron chi connectivity index (χ4n) is 1.90. The molecule has 1 aliphatic rings. The van der Waals surface area contributed by atoms with Crippen LogP contribution in [0.4, 0.5) is 4.39 Å². The zero-order valence-corrected chi connectivity index (χ0v) is 12.8. The summed E-state index contributed by atoms with van der Waals surface area (Å²) < 4.78 is 13.7. The van der Waals surface area contributed by atoms with E-state index >= 15 is 0 Å². The number of carbonyl (C=O) groups is 1. The van der Waals surface area contributed by atoms with E-state index in [1.54, 1.807) is 12.1 Å². The molecular formula is C13H16BrFN2OS. The molecule has 1 amide bonds. The Morgan fingerprint density at radius 1 is 1.58 bits per heavy atom. The normalized spacial score (nSPS) is 19.2. The minimum atomic E-state index is -0.308. The highest BCUT2D eigenvalue weighted by Crippen LogP contribution is 2.16. The molecule has 0 saturated carbocycles. The molecule has 1 aromatic carbocycles. The fraction of sp³-hybridized carbons (Fsp3) is 0.462. The summed E-state index contributed by atoms with van der Waals surface area (Å²) in [4.78, 5) is 11.8. The molecule has 1 heterocycles. The van der Waals surface area contributed by atoms with E-state index in [9.17, 15) is 9.18 Å². The van der Waals surface area contributed by atoms with Crippen LogP contribution < -0.4 is 10.6 Å². The minimum absolute atomic E-state index is 0.00308. The Bertz CT molecular complexity index is 452. The molecule has 2 rings (SSSR count). The summed E-state index contributed by atoms with van der Waals surface area (Å²) in [7, 11) is 0. The molecular weight excluding hydrogens is 331 g/mol. The van der Waals surface area contributed by atoms with E-state index in [-0.39, 0.29) is 17.8 Å². The van der Waals surface area contributed by atoms with Gasteiger partial charge < -0.3 is 10.6 Å². The van der Waals surface area contributed by atoms with Crippen molar-refractivity contribution in [2.45, 2.75) is 19.0 Å². The SMILES string of the molecule is O=C(CC1CSCCN1)NCc1ccc(Br)c(F)c1. The molecule has 1 atom stereocenters. The molecule has 1 saturated heterocycles. The van der Waals surface area contributed by atoms with Gasteiger partial charge in [0.15, 0.2) is 0 Å². The standard InChI is InChI=1S/C13H16BrFN2OS/c14-11-2-1-9(5-12(11)15)7-17-13(18)6-10-8-19-4-3-16-10/h1-2,5,10,16H,3-4,6-8H2,(H,17,18). The van der Waals surface area contributed by atoms with Crippen molar-refractivity contribution >= 4 is 33.6 Å². The number of halogens is 2. The highest BCUT2D eigenvalue weighted by molar-refractivity contribution is 9.10. The third-order valence-electron chi connectivity index (χ3n) is 2.90. The van der Waals surface area contributed by atoms with Gasteiger partial charge >= 0.3 is 0 Å². The molecule has 2 N–H and O–H groups in total.